The Kier molecular flexibility index (Phi) is 9.00. The lowest BCUT2D eigenvalue weighted by Crippen LogP contribution is -2.21. The average Bonchev–Trinajstić information content (AvgIpc) is 3.17. The van der Waals surface area contributed by atoms with E-state index in [0.29, 0.717) is 6.42 Å². The van der Waals surface area contributed by atoms with E-state index in [9.17, 15) is 13.2 Å². The third-order valence-corrected chi connectivity index (χ3v) is 3.83. The van der Waals surface area contributed by atoms with Crippen molar-refractivity contribution in [3.05, 3.63) is 0 Å². The molecule has 0 unspecified atom stereocenters. The van der Waals surface area contributed by atoms with Gasteiger partial charge in [-0.1, -0.05) is 20.8 Å². The summed E-state index contributed by atoms with van der Waals surface area (Å²) in [6.07, 6.45) is 1.64. The van der Waals surface area contributed by atoms with Crippen molar-refractivity contribution in [2.45, 2.75) is 27.2 Å². The lowest BCUT2D eigenvalue weighted by atomic mass is 10.3. The highest BCUT2D eigenvalue weighted by molar-refractivity contribution is 7.85. The SMILES string of the molecule is CCN(CC)CC.COC(=O)[C@@H]1C[C@H]1COS(C)(=O)=O. The molecular weight excluding hydrogens is 282 g/mol. The van der Waals surface area contributed by atoms with Crippen molar-refractivity contribution < 1.29 is 22.1 Å². The molecular formula is C13H27NO5S. The quantitative estimate of drug-likeness (QED) is 0.518. The Bertz CT molecular complexity index is 373. The molecule has 0 aromatic rings. The van der Waals surface area contributed by atoms with Crippen molar-refractivity contribution in [3.63, 3.8) is 0 Å². The van der Waals surface area contributed by atoms with Crippen LogP contribution in [0.2, 0.25) is 0 Å². The van der Waals surface area contributed by atoms with Crippen molar-refractivity contribution in [1.29, 1.82) is 0 Å². The highest BCUT2D eigenvalue weighted by Crippen LogP contribution is 2.39. The van der Waals surface area contributed by atoms with Crippen molar-refractivity contribution in [3.8, 4) is 0 Å². The number of hydrogen-bond donors (Lipinski definition) is 0. The normalized spacial score (nSPS) is 21.1. The van der Waals surface area contributed by atoms with Crippen molar-refractivity contribution in [1.82, 2.24) is 4.90 Å². The molecule has 0 aliphatic heterocycles. The van der Waals surface area contributed by atoms with Crippen LogP contribution in [0.4, 0.5) is 0 Å². The zero-order valence-electron chi connectivity index (χ0n) is 13.1. The molecule has 0 aromatic heterocycles. The number of carbonyl (C=O) groups excluding carboxylic acids is 1. The van der Waals surface area contributed by atoms with E-state index in [1.807, 2.05) is 0 Å². The minimum atomic E-state index is -3.39. The summed E-state index contributed by atoms with van der Waals surface area (Å²) in [7, 11) is -2.07. The van der Waals surface area contributed by atoms with Gasteiger partial charge in [0.15, 0.2) is 0 Å². The molecule has 1 aliphatic rings. The number of nitrogens with zero attached hydrogens (tertiary/aromatic N) is 1. The third-order valence-electron chi connectivity index (χ3n) is 3.26. The smallest absolute Gasteiger partial charge is 0.309 e. The van der Waals surface area contributed by atoms with Gasteiger partial charge < -0.3 is 9.64 Å². The first-order valence-corrected chi connectivity index (χ1v) is 8.75. The van der Waals surface area contributed by atoms with Crippen LogP contribution in [0.1, 0.15) is 27.2 Å². The standard InChI is InChI=1S/C7H12O5S.C6H15N/c1-11-7(8)6-3-5(6)4-12-13(2,9)10;1-4-7(5-2)6-3/h5-6H,3-4H2,1-2H3;4-6H2,1-3H3/t5-,6+;/m0./s1. The van der Waals surface area contributed by atoms with E-state index in [2.05, 4.69) is 34.6 Å². The maximum atomic E-state index is 10.9. The monoisotopic (exact) mass is 309 g/mol. The minimum absolute atomic E-state index is 0.00201. The number of rotatable bonds is 7. The largest absolute Gasteiger partial charge is 0.469 e. The van der Waals surface area contributed by atoms with Gasteiger partial charge in [0.05, 0.1) is 25.9 Å². The molecule has 1 aliphatic carbocycles. The zero-order chi connectivity index (χ0) is 15.8. The molecule has 0 bridgehead atoms. The zero-order valence-corrected chi connectivity index (χ0v) is 13.9. The van der Waals surface area contributed by atoms with Crippen molar-refractivity contribution >= 4 is 16.1 Å². The molecule has 0 saturated heterocycles. The number of esters is 1. The summed E-state index contributed by atoms with van der Waals surface area (Å²) in [5, 5.41) is 0. The van der Waals surface area contributed by atoms with E-state index in [1.54, 1.807) is 0 Å². The van der Waals surface area contributed by atoms with Gasteiger partial charge in [-0.2, -0.15) is 8.42 Å². The first kappa shape index (κ1) is 19.3. The molecule has 20 heavy (non-hydrogen) atoms. The number of carbonyl (C=O) groups is 1. The Morgan fingerprint density at radius 3 is 2.00 bits per heavy atom. The van der Waals surface area contributed by atoms with Gasteiger partial charge in [0.1, 0.15) is 0 Å². The van der Waals surface area contributed by atoms with Crippen LogP contribution in [0.15, 0.2) is 0 Å². The second kappa shape index (κ2) is 9.31. The van der Waals surface area contributed by atoms with Crippen LogP contribution in [-0.4, -0.2) is 58.9 Å². The van der Waals surface area contributed by atoms with Crippen LogP contribution >= 0.6 is 0 Å². The van der Waals surface area contributed by atoms with Crippen LogP contribution in [-0.2, 0) is 23.8 Å². The van der Waals surface area contributed by atoms with E-state index in [1.165, 1.54) is 26.7 Å². The van der Waals surface area contributed by atoms with Crippen LogP contribution < -0.4 is 0 Å². The van der Waals surface area contributed by atoms with Crippen molar-refractivity contribution in [2.75, 3.05) is 39.6 Å². The molecule has 0 radical (unpaired) electrons. The Hall–Kier alpha value is -0.660. The minimum Gasteiger partial charge on any atom is -0.469 e. The molecule has 0 spiro atoms. The van der Waals surface area contributed by atoms with Gasteiger partial charge in [-0.05, 0) is 32.0 Å². The highest BCUT2D eigenvalue weighted by Gasteiger charge is 2.44. The Morgan fingerprint density at radius 2 is 1.70 bits per heavy atom. The summed E-state index contributed by atoms with van der Waals surface area (Å²) in [5.74, 6) is -0.462. The molecule has 0 aromatic carbocycles. The van der Waals surface area contributed by atoms with Crippen LogP contribution in [0, 0.1) is 11.8 Å². The van der Waals surface area contributed by atoms with E-state index >= 15 is 0 Å². The first-order valence-electron chi connectivity index (χ1n) is 6.93. The van der Waals surface area contributed by atoms with Crippen LogP contribution in [0.5, 0.6) is 0 Å². The predicted octanol–water partition coefficient (Wildman–Crippen LogP) is 1.12. The summed E-state index contributed by atoms with van der Waals surface area (Å²) < 4.78 is 30.2. The summed E-state index contributed by atoms with van der Waals surface area (Å²) in [6.45, 7) is 10.2. The fraction of sp³-hybridized carbons (Fsp3) is 0.923. The van der Waals surface area contributed by atoms with Gasteiger partial charge in [-0.15, -0.1) is 0 Å². The highest BCUT2D eigenvalue weighted by atomic mass is 32.2. The molecule has 1 rings (SSSR count). The summed E-state index contributed by atoms with van der Waals surface area (Å²) in [5.41, 5.74) is 0. The first-order chi connectivity index (χ1) is 9.28. The van der Waals surface area contributed by atoms with Gasteiger partial charge in [0, 0.05) is 0 Å². The van der Waals surface area contributed by atoms with Crippen molar-refractivity contribution in [2.24, 2.45) is 11.8 Å². The van der Waals surface area contributed by atoms with E-state index in [4.69, 9.17) is 0 Å². The third kappa shape index (κ3) is 8.50. The van der Waals surface area contributed by atoms with Gasteiger partial charge >= 0.3 is 5.97 Å². The topological polar surface area (TPSA) is 72.9 Å². The van der Waals surface area contributed by atoms with E-state index in [0.717, 1.165) is 6.26 Å². The molecule has 7 heteroatoms. The summed E-state index contributed by atoms with van der Waals surface area (Å²) in [4.78, 5) is 13.3. The fourth-order valence-electron chi connectivity index (χ4n) is 1.75. The predicted molar refractivity (Wildman–Crippen MR) is 77.9 cm³/mol. The second-order valence-electron chi connectivity index (χ2n) is 4.73. The van der Waals surface area contributed by atoms with Gasteiger partial charge in [-0.3, -0.25) is 8.98 Å². The average molecular weight is 309 g/mol. The molecule has 1 saturated carbocycles. The number of hydrogen-bond acceptors (Lipinski definition) is 6. The molecule has 0 N–H and O–H groups in total. The molecule has 1 fully saturated rings. The number of ether oxygens (including phenoxy) is 1. The maximum absolute atomic E-state index is 10.9. The van der Waals surface area contributed by atoms with Gasteiger partial charge in [-0.25, -0.2) is 0 Å². The second-order valence-corrected chi connectivity index (χ2v) is 6.38. The fourth-order valence-corrected chi connectivity index (χ4v) is 2.18. The van der Waals surface area contributed by atoms with Gasteiger partial charge in [0.2, 0.25) is 0 Å². The molecule has 0 amide bonds. The lowest BCUT2D eigenvalue weighted by molar-refractivity contribution is -0.142. The lowest BCUT2D eigenvalue weighted by Gasteiger charge is -2.13. The van der Waals surface area contributed by atoms with E-state index in [-0.39, 0.29) is 24.4 Å². The Morgan fingerprint density at radius 1 is 1.20 bits per heavy atom. The molecule has 6 nitrogen and oxygen atoms in total. The summed E-state index contributed by atoms with van der Waals surface area (Å²) in [6, 6.07) is 0. The molecule has 120 valence electrons. The Balaban J connectivity index is 0.000000441. The summed E-state index contributed by atoms with van der Waals surface area (Å²) >= 11 is 0. The molecule has 0 heterocycles. The Labute approximate surface area is 122 Å². The number of methoxy groups -OCH3 is 1. The van der Waals surface area contributed by atoms with Crippen LogP contribution in [0.3, 0.4) is 0 Å². The van der Waals surface area contributed by atoms with Gasteiger partial charge in [0.25, 0.3) is 10.1 Å². The van der Waals surface area contributed by atoms with Crippen LogP contribution in [0.25, 0.3) is 0 Å². The van der Waals surface area contributed by atoms with E-state index < -0.39 is 10.1 Å². The maximum Gasteiger partial charge on any atom is 0.309 e. The molecule has 2 atom stereocenters.